The number of nitrogens with zero attached hydrogens (tertiary/aromatic N) is 1. The number of hydrogen-bond donors (Lipinski definition) is 1. The zero-order valence-electron chi connectivity index (χ0n) is 11.4. The Bertz CT molecular complexity index is 338. The Morgan fingerprint density at radius 2 is 2.06 bits per heavy atom. The monoisotopic (exact) mass is 247 g/mol. The number of benzene rings is 1. The molecule has 1 N–H and O–H groups in total. The average Bonchev–Trinajstić information content (AvgIpc) is 2.42. The van der Waals surface area contributed by atoms with Crippen LogP contribution in [0.3, 0.4) is 0 Å². The van der Waals surface area contributed by atoms with E-state index < -0.39 is 0 Å². The van der Waals surface area contributed by atoms with Crippen molar-refractivity contribution in [3.05, 3.63) is 35.9 Å². The number of aliphatic hydroxyl groups excluding tert-OH is 1. The Balaban J connectivity index is 1.95. The van der Waals surface area contributed by atoms with Gasteiger partial charge in [0.25, 0.3) is 0 Å². The van der Waals surface area contributed by atoms with E-state index in [0.717, 1.165) is 19.4 Å². The molecule has 0 bridgehead atoms. The Morgan fingerprint density at radius 1 is 1.28 bits per heavy atom. The molecule has 100 valence electrons. The summed E-state index contributed by atoms with van der Waals surface area (Å²) in [7, 11) is 0. The number of hydrogen-bond acceptors (Lipinski definition) is 2. The second-order valence-corrected chi connectivity index (χ2v) is 5.40. The van der Waals surface area contributed by atoms with Gasteiger partial charge >= 0.3 is 0 Å². The van der Waals surface area contributed by atoms with Gasteiger partial charge in [-0.3, -0.25) is 4.90 Å². The van der Waals surface area contributed by atoms with E-state index >= 15 is 0 Å². The third-order valence-electron chi connectivity index (χ3n) is 3.99. The molecule has 0 aromatic heterocycles. The van der Waals surface area contributed by atoms with Gasteiger partial charge in [0.15, 0.2) is 0 Å². The molecule has 2 heteroatoms. The second kappa shape index (κ2) is 6.91. The van der Waals surface area contributed by atoms with Crippen molar-refractivity contribution >= 4 is 0 Å². The van der Waals surface area contributed by atoms with Crippen LogP contribution in [0.25, 0.3) is 0 Å². The number of likely N-dealkylation sites (tertiary alicyclic amines) is 1. The van der Waals surface area contributed by atoms with Crippen LogP contribution in [0.5, 0.6) is 0 Å². The summed E-state index contributed by atoms with van der Waals surface area (Å²) in [5.41, 5.74) is 1.38. The maximum absolute atomic E-state index is 9.87. The SMILES string of the molecule is CC[C@@H](O)C[C@@H]1CCCCN1Cc1ccccc1. The molecular formula is C16H25NO. The molecule has 1 aromatic carbocycles. The van der Waals surface area contributed by atoms with Gasteiger partial charge in [-0.05, 0) is 37.8 Å². The lowest BCUT2D eigenvalue weighted by molar-refractivity contribution is 0.0722. The van der Waals surface area contributed by atoms with Gasteiger partial charge in [-0.15, -0.1) is 0 Å². The Morgan fingerprint density at radius 3 is 2.78 bits per heavy atom. The number of rotatable bonds is 5. The molecule has 1 aromatic rings. The van der Waals surface area contributed by atoms with Crippen molar-refractivity contribution in [1.82, 2.24) is 4.90 Å². The summed E-state index contributed by atoms with van der Waals surface area (Å²) in [5, 5.41) is 9.87. The minimum Gasteiger partial charge on any atom is -0.393 e. The van der Waals surface area contributed by atoms with Crippen LogP contribution in [0, 0.1) is 0 Å². The topological polar surface area (TPSA) is 23.5 Å². The maximum atomic E-state index is 9.87. The van der Waals surface area contributed by atoms with Crippen molar-refractivity contribution in [2.45, 2.75) is 57.7 Å². The number of aliphatic hydroxyl groups is 1. The normalized spacial score (nSPS) is 22.9. The molecule has 2 atom stereocenters. The van der Waals surface area contributed by atoms with Crippen LogP contribution < -0.4 is 0 Å². The molecular weight excluding hydrogens is 222 g/mol. The summed E-state index contributed by atoms with van der Waals surface area (Å²) in [4.78, 5) is 2.55. The van der Waals surface area contributed by atoms with E-state index in [1.807, 2.05) is 0 Å². The molecule has 2 nitrogen and oxygen atoms in total. The van der Waals surface area contributed by atoms with Gasteiger partial charge in [0.1, 0.15) is 0 Å². The molecule has 0 spiro atoms. The third-order valence-corrected chi connectivity index (χ3v) is 3.99. The lowest BCUT2D eigenvalue weighted by atomic mass is 9.95. The summed E-state index contributed by atoms with van der Waals surface area (Å²) in [5.74, 6) is 0. The Hall–Kier alpha value is -0.860. The second-order valence-electron chi connectivity index (χ2n) is 5.40. The van der Waals surface area contributed by atoms with Gasteiger partial charge < -0.3 is 5.11 Å². The molecule has 0 unspecified atom stereocenters. The summed E-state index contributed by atoms with van der Waals surface area (Å²) in [6, 6.07) is 11.2. The van der Waals surface area contributed by atoms with E-state index in [1.165, 1.54) is 31.4 Å². The van der Waals surface area contributed by atoms with E-state index in [-0.39, 0.29) is 6.10 Å². The first-order chi connectivity index (χ1) is 8.79. The molecule has 1 fully saturated rings. The molecule has 1 aliphatic heterocycles. The van der Waals surface area contributed by atoms with Crippen molar-refractivity contribution in [1.29, 1.82) is 0 Å². The van der Waals surface area contributed by atoms with Crippen LogP contribution in [-0.2, 0) is 6.54 Å². The first kappa shape index (κ1) is 13.6. The first-order valence-electron chi connectivity index (χ1n) is 7.25. The molecule has 18 heavy (non-hydrogen) atoms. The Labute approximate surface area is 111 Å². The van der Waals surface area contributed by atoms with Crippen LogP contribution in [0.1, 0.15) is 44.6 Å². The molecule has 0 radical (unpaired) electrons. The van der Waals surface area contributed by atoms with Crippen molar-refractivity contribution in [2.24, 2.45) is 0 Å². The third kappa shape index (κ3) is 3.82. The summed E-state index contributed by atoms with van der Waals surface area (Å²) < 4.78 is 0. The van der Waals surface area contributed by atoms with Gasteiger partial charge in [0, 0.05) is 12.6 Å². The summed E-state index contributed by atoms with van der Waals surface area (Å²) in [6.45, 7) is 4.27. The highest BCUT2D eigenvalue weighted by Crippen LogP contribution is 2.23. The van der Waals surface area contributed by atoms with E-state index in [4.69, 9.17) is 0 Å². The van der Waals surface area contributed by atoms with Crippen LogP contribution in [0.4, 0.5) is 0 Å². The highest BCUT2D eigenvalue weighted by molar-refractivity contribution is 5.14. The van der Waals surface area contributed by atoms with Crippen molar-refractivity contribution in [2.75, 3.05) is 6.54 Å². The molecule has 0 aliphatic carbocycles. The minimum atomic E-state index is -0.133. The average molecular weight is 247 g/mol. The van der Waals surface area contributed by atoms with Gasteiger partial charge in [0.2, 0.25) is 0 Å². The predicted molar refractivity (Wildman–Crippen MR) is 75.4 cm³/mol. The first-order valence-corrected chi connectivity index (χ1v) is 7.25. The van der Waals surface area contributed by atoms with Crippen molar-refractivity contribution < 1.29 is 5.11 Å². The molecule has 1 saturated heterocycles. The Kier molecular flexibility index (Phi) is 5.21. The summed E-state index contributed by atoms with van der Waals surface area (Å²) in [6.07, 6.45) is 5.52. The fourth-order valence-electron chi connectivity index (χ4n) is 2.83. The van der Waals surface area contributed by atoms with E-state index in [0.29, 0.717) is 6.04 Å². The van der Waals surface area contributed by atoms with E-state index in [9.17, 15) is 5.11 Å². The van der Waals surface area contributed by atoms with Gasteiger partial charge in [0.05, 0.1) is 6.10 Å². The standard InChI is InChI=1S/C16H25NO/c1-2-16(18)12-15-10-6-7-11-17(15)13-14-8-4-3-5-9-14/h3-5,8-9,15-16,18H,2,6-7,10-13H2,1H3/t15-,16+/m0/s1. The molecule has 1 aliphatic rings. The minimum absolute atomic E-state index is 0.133. The van der Waals surface area contributed by atoms with Crippen LogP contribution in [-0.4, -0.2) is 28.7 Å². The van der Waals surface area contributed by atoms with Crippen LogP contribution in [0.2, 0.25) is 0 Å². The highest BCUT2D eigenvalue weighted by atomic mass is 16.3. The lowest BCUT2D eigenvalue weighted by Gasteiger charge is -2.36. The molecule has 0 amide bonds. The summed E-state index contributed by atoms with van der Waals surface area (Å²) >= 11 is 0. The van der Waals surface area contributed by atoms with Crippen molar-refractivity contribution in [3.8, 4) is 0 Å². The van der Waals surface area contributed by atoms with Gasteiger partial charge in [-0.1, -0.05) is 43.7 Å². The highest BCUT2D eigenvalue weighted by Gasteiger charge is 2.24. The van der Waals surface area contributed by atoms with Gasteiger partial charge in [-0.2, -0.15) is 0 Å². The van der Waals surface area contributed by atoms with E-state index in [2.05, 4.69) is 42.2 Å². The van der Waals surface area contributed by atoms with Crippen molar-refractivity contribution in [3.63, 3.8) is 0 Å². The van der Waals surface area contributed by atoms with Crippen LogP contribution >= 0.6 is 0 Å². The maximum Gasteiger partial charge on any atom is 0.0552 e. The van der Waals surface area contributed by atoms with E-state index in [1.54, 1.807) is 0 Å². The zero-order valence-corrected chi connectivity index (χ0v) is 11.4. The largest absolute Gasteiger partial charge is 0.393 e. The lowest BCUT2D eigenvalue weighted by Crippen LogP contribution is -2.40. The quantitative estimate of drug-likeness (QED) is 0.863. The fraction of sp³-hybridized carbons (Fsp3) is 0.625. The van der Waals surface area contributed by atoms with Gasteiger partial charge in [-0.25, -0.2) is 0 Å². The van der Waals surface area contributed by atoms with Crippen LogP contribution in [0.15, 0.2) is 30.3 Å². The predicted octanol–water partition coefficient (Wildman–Crippen LogP) is 3.20. The molecule has 1 heterocycles. The molecule has 0 saturated carbocycles. The smallest absolute Gasteiger partial charge is 0.0552 e. The zero-order chi connectivity index (χ0) is 12.8. The fourth-order valence-corrected chi connectivity index (χ4v) is 2.83. The number of piperidine rings is 1. The molecule has 2 rings (SSSR count).